The smallest absolute Gasteiger partial charge is 0.176 e. The van der Waals surface area contributed by atoms with Gasteiger partial charge >= 0.3 is 0 Å². The van der Waals surface area contributed by atoms with E-state index in [2.05, 4.69) is 0 Å². The Morgan fingerprint density at radius 2 is 2.44 bits per heavy atom. The Morgan fingerprint density at radius 1 is 1.78 bits per heavy atom. The van der Waals surface area contributed by atoms with Crippen LogP contribution in [0.25, 0.3) is 0 Å². The predicted octanol–water partition coefficient (Wildman–Crippen LogP) is 1.91. The van der Waals surface area contributed by atoms with E-state index >= 15 is 0 Å². The molecule has 1 aromatic heterocycles. The molecule has 2 N–H and O–H groups in total. The lowest BCUT2D eigenvalue weighted by Crippen LogP contribution is -2.02. The van der Waals surface area contributed by atoms with E-state index < -0.39 is 0 Å². The predicted molar refractivity (Wildman–Crippen MR) is 36.9 cm³/mol. The average Bonchev–Trinajstić information content (AvgIpc) is 2.14. The maximum absolute atomic E-state index is 12.3. The molecule has 0 spiro atoms. The normalized spacial score (nSPS) is 13.7. The van der Waals surface area contributed by atoms with Gasteiger partial charge in [0.1, 0.15) is 0 Å². The fraction of sp³-hybridized carbons (Fsp3) is 0.333. The van der Waals surface area contributed by atoms with Crippen LogP contribution in [0.1, 0.15) is 18.5 Å². The third kappa shape index (κ3) is 1.50. The van der Waals surface area contributed by atoms with Gasteiger partial charge in [0.25, 0.3) is 0 Å². The van der Waals surface area contributed by atoms with Crippen molar-refractivity contribution in [3.8, 4) is 0 Å². The lowest BCUT2D eigenvalue weighted by molar-refractivity contribution is 0.653. The van der Waals surface area contributed by atoms with Crippen molar-refractivity contribution in [2.45, 2.75) is 13.0 Å². The van der Waals surface area contributed by atoms with Crippen LogP contribution in [-0.2, 0) is 0 Å². The highest BCUT2D eigenvalue weighted by molar-refractivity contribution is 7.08. The second kappa shape index (κ2) is 2.45. The quantitative estimate of drug-likeness (QED) is 0.641. The molecule has 1 nitrogen and oxygen atoms in total. The van der Waals surface area contributed by atoms with Crippen molar-refractivity contribution < 1.29 is 4.39 Å². The van der Waals surface area contributed by atoms with Crippen LogP contribution in [-0.4, -0.2) is 0 Å². The third-order valence-electron chi connectivity index (χ3n) is 1.11. The molecule has 50 valence electrons. The van der Waals surface area contributed by atoms with Crippen LogP contribution in [0.3, 0.4) is 0 Å². The third-order valence-corrected chi connectivity index (χ3v) is 1.85. The van der Waals surface area contributed by atoms with Crippen molar-refractivity contribution in [3.63, 3.8) is 0 Å². The molecule has 0 aliphatic carbocycles. The number of hydrogen-bond donors (Lipinski definition) is 1. The van der Waals surface area contributed by atoms with Gasteiger partial charge in [-0.2, -0.15) is 4.39 Å². The van der Waals surface area contributed by atoms with Crippen LogP contribution in [0.4, 0.5) is 4.39 Å². The lowest BCUT2D eigenvalue weighted by Gasteiger charge is -1.96. The van der Waals surface area contributed by atoms with E-state index in [9.17, 15) is 4.39 Å². The minimum atomic E-state index is -0.165. The Hall–Kier alpha value is -0.410. The second-order valence-corrected chi connectivity index (χ2v) is 2.83. The van der Waals surface area contributed by atoms with Gasteiger partial charge in [0, 0.05) is 6.04 Å². The van der Waals surface area contributed by atoms with E-state index in [1.54, 1.807) is 5.38 Å². The molecule has 0 aliphatic rings. The highest BCUT2D eigenvalue weighted by atomic mass is 32.1. The molecule has 0 saturated carbocycles. The summed E-state index contributed by atoms with van der Waals surface area (Å²) >= 11 is 1.09. The van der Waals surface area contributed by atoms with Crippen LogP contribution in [0.2, 0.25) is 0 Å². The van der Waals surface area contributed by atoms with Gasteiger partial charge in [0.05, 0.1) is 0 Å². The first kappa shape index (κ1) is 6.71. The molecule has 3 heteroatoms. The van der Waals surface area contributed by atoms with Crippen molar-refractivity contribution in [3.05, 3.63) is 22.1 Å². The van der Waals surface area contributed by atoms with Crippen LogP contribution < -0.4 is 5.73 Å². The molecule has 0 unspecified atom stereocenters. The molecule has 0 fully saturated rings. The summed E-state index contributed by atoms with van der Waals surface area (Å²) in [5.41, 5.74) is 6.34. The van der Waals surface area contributed by atoms with Crippen LogP contribution >= 0.6 is 11.3 Å². The van der Waals surface area contributed by atoms with Crippen molar-refractivity contribution in [2.75, 3.05) is 0 Å². The molecule has 1 rings (SSSR count). The summed E-state index contributed by atoms with van der Waals surface area (Å²) in [6, 6.07) is 1.42. The summed E-state index contributed by atoms with van der Waals surface area (Å²) in [5.74, 6) is 0. The van der Waals surface area contributed by atoms with Gasteiger partial charge in [-0.3, -0.25) is 0 Å². The van der Waals surface area contributed by atoms with E-state index in [1.165, 1.54) is 6.07 Å². The van der Waals surface area contributed by atoms with Gasteiger partial charge < -0.3 is 5.73 Å². The van der Waals surface area contributed by atoms with Gasteiger partial charge in [-0.05, 0) is 23.9 Å². The minimum Gasteiger partial charge on any atom is -0.324 e. The topological polar surface area (TPSA) is 26.0 Å². The van der Waals surface area contributed by atoms with E-state index in [0.29, 0.717) is 0 Å². The van der Waals surface area contributed by atoms with E-state index in [1.807, 2.05) is 6.92 Å². The summed E-state index contributed by atoms with van der Waals surface area (Å²) in [5, 5.41) is 1.57. The number of hydrogen-bond acceptors (Lipinski definition) is 2. The van der Waals surface area contributed by atoms with E-state index in [-0.39, 0.29) is 11.2 Å². The standard InChI is InChI=1S/C6H8FNS/c1-4(8)5-2-6(7)9-3-5/h2-4H,8H2,1H3/t4-/m0/s1. The Morgan fingerprint density at radius 3 is 2.67 bits per heavy atom. The van der Waals surface area contributed by atoms with E-state index in [0.717, 1.165) is 16.9 Å². The number of halogens is 1. The molecule has 0 aliphatic heterocycles. The van der Waals surface area contributed by atoms with Gasteiger partial charge in [-0.15, -0.1) is 11.3 Å². The number of thiophene rings is 1. The van der Waals surface area contributed by atoms with Crippen molar-refractivity contribution in [1.29, 1.82) is 0 Å². The fourth-order valence-corrected chi connectivity index (χ4v) is 1.30. The molecule has 0 bridgehead atoms. The molecule has 0 saturated heterocycles. The largest absolute Gasteiger partial charge is 0.324 e. The zero-order valence-electron chi connectivity index (χ0n) is 5.10. The number of nitrogens with two attached hydrogens (primary N) is 1. The molecule has 1 aromatic rings. The Bertz CT molecular complexity index is 195. The Labute approximate surface area is 57.3 Å². The monoisotopic (exact) mass is 145 g/mol. The van der Waals surface area contributed by atoms with Crippen molar-refractivity contribution in [1.82, 2.24) is 0 Å². The first-order valence-corrected chi connectivity index (χ1v) is 3.57. The van der Waals surface area contributed by atoms with Crippen molar-refractivity contribution >= 4 is 11.3 Å². The molecule has 1 atom stereocenters. The summed E-state index contributed by atoms with van der Waals surface area (Å²) < 4.78 is 12.3. The van der Waals surface area contributed by atoms with Gasteiger partial charge in [-0.25, -0.2) is 0 Å². The van der Waals surface area contributed by atoms with E-state index in [4.69, 9.17) is 5.73 Å². The van der Waals surface area contributed by atoms with Gasteiger partial charge in [0.15, 0.2) is 5.13 Å². The maximum atomic E-state index is 12.3. The van der Waals surface area contributed by atoms with Gasteiger partial charge in [0.2, 0.25) is 0 Å². The summed E-state index contributed by atoms with van der Waals surface area (Å²) in [4.78, 5) is 0. The maximum Gasteiger partial charge on any atom is 0.176 e. The zero-order chi connectivity index (χ0) is 6.85. The molecule has 0 radical (unpaired) electrons. The van der Waals surface area contributed by atoms with Crippen molar-refractivity contribution in [2.24, 2.45) is 5.73 Å². The molecule has 0 aromatic carbocycles. The van der Waals surface area contributed by atoms with Crippen LogP contribution in [0.15, 0.2) is 11.4 Å². The zero-order valence-corrected chi connectivity index (χ0v) is 5.91. The Kier molecular flexibility index (Phi) is 1.83. The van der Waals surface area contributed by atoms with Crippen LogP contribution in [0, 0.1) is 5.13 Å². The second-order valence-electron chi connectivity index (χ2n) is 1.97. The first-order chi connectivity index (χ1) is 4.20. The molecule has 9 heavy (non-hydrogen) atoms. The van der Waals surface area contributed by atoms with Gasteiger partial charge in [-0.1, -0.05) is 0 Å². The Balaban J connectivity index is 2.85. The number of rotatable bonds is 1. The first-order valence-electron chi connectivity index (χ1n) is 2.69. The van der Waals surface area contributed by atoms with Crippen LogP contribution in [0.5, 0.6) is 0 Å². The summed E-state index contributed by atoms with van der Waals surface area (Å²) in [6.07, 6.45) is 0. The molecular formula is C6H8FNS. The molecular weight excluding hydrogens is 137 g/mol. The average molecular weight is 145 g/mol. The lowest BCUT2D eigenvalue weighted by atomic mass is 10.2. The molecule has 1 heterocycles. The summed E-state index contributed by atoms with van der Waals surface area (Å²) in [7, 11) is 0. The minimum absolute atomic E-state index is 0.0502. The molecule has 0 amide bonds. The fourth-order valence-electron chi connectivity index (χ4n) is 0.562. The highest BCUT2D eigenvalue weighted by Crippen LogP contribution is 2.16. The SMILES string of the molecule is C[C@H](N)c1csc(F)c1. The summed E-state index contributed by atoms with van der Waals surface area (Å²) in [6.45, 7) is 1.83. The highest BCUT2D eigenvalue weighted by Gasteiger charge is 2.01.